The van der Waals surface area contributed by atoms with Crippen molar-refractivity contribution in [2.24, 2.45) is 0 Å². The predicted octanol–water partition coefficient (Wildman–Crippen LogP) is 1.97. The fourth-order valence-corrected chi connectivity index (χ4v) is 2.02. The standard InChI is InChI=1S/C14H25NO5/c1-13(2,3)20-12(17)15-8-7-14(4,10-15)19-9-6-11(16)18-5/h6-10H2,1-5H3. The molecule has 0 aliphatic carbocycles. The smallest absolute Gasteiger partial charge is 0.410 e. The number of carbonyl (C=O) groups excluding carboxylic acids is 2. The zero-order valence-electron chi connectivity index (χ0n) is 13.0. The highest BCUT2D eigenvalue weighted by molar-refractivity contribution is 5.69. The van der Waals surface area contributed by atoms with Crippen LogP contribution in [0, 0.1) is 0 Å². The minimum atomic E-state index is -0.498. The van der Waals surface area contributed by atoms with E-state index in [9.17, 15) is 9.59 Å². The van der Waals surface area contributed by atoms with Crippen molar-refractivity contribution in [3.8, 4) is 0 Å². The Hall–Kier alpha value is -1.30. The highest BCUT2D eigenvalue weighted by Crippen LogP contribution is 2.26. The Morgan fingerprint density at radius 2 is 1.95 bits per heavy atom. The monoisotopic (exact) mass is 287 g/mol. The van der Waals surface area contributed by atoms with Crippen LogP contribution >= 0.6 is 0 Å². The summed E-state index contributed by atoms with van der Waals surface area (Å²) in [6.07, 6.45) is 0.629. The number of methoxy groups -OCH3 is 1. The maximum Gasteiger partial charge on any atom is 0.410 e. The van der Waals surface area contributed by atoms with E-state index < -0.39 is 11.2 Å². The predicted molar refractivity (Wildman–Crippen MR) is 73.4 cm³/mol. The van der Waals surface area contributed by atoms with Crippen LogP contribution in [0.3, 0.4) is 0 Å². The zero-order chi connectivity index (χ0) is 15.4. The van der Waals surface area contributed by atoms with Gasteiger partial charge in [-0.15, -0.1) is 0 Å². The Kier molecular flexibility index (Phi) is 5.39. The molecule has 1 fully saturated rings. The Morgan fingerprint density at radius 1 is 1.30 bits per heavy atom. The number of hydrogen-bond donors (Lipinski definition) is 0. The molecule has 6 heteroatoms. The molecule has 1 atom stereocenters. The molecule has 116 valence electrons. The van der Waals surface area contributed by atoms with E-state index in [-0.39, 0.29) is 18.5 Å². The summed E-state index contributed by atoms with van der Waals surface area (Å²) in [5.41, 5.74) is -0.924. The van der Waals surface area contributed by atoms with E-state index in [1.54, 1.807) is 4.90 Å². The lowest BCUT2D eigenvalue weighted by molar-refractivity contribution is -0.143. The molecule has 0 saturated carbocycles. The van der Waals surface area contributed by atoms with Crippen LogP contribution in [0.2, 0.25) is 0 Å². The van der Waals surface area contributed by atoms with Crippen molar-refractivity contribution in [3.63, 3.8) is 0 Å². The summed E-state index contributed by atoms with van der Waals surface area (Å²) in [6, 6.07) is 0. The van der Waals surface area contributed by atoms with Crippen LogP contribution in [0.5, 0.6) is 0 Å². The van der Waals surface area contributed by atoms with Gasteiger partial charge in [-0.05, 0) is 34.1 Å². The number of ether oxygens (including phenoxy) is 3. The molecule has 1 aliphatic heterocycles. The molecule has 1 heterocycles. The normalized spacial score (nSPS) is 22.8. The molecule has 1 unspecified atom stereocenters. The first kappa shape index (κ1) is 16.8. The number of carbonyl (C=O) groups is 2. The van der Waals surface area contributed by atoms with E-state index in [0.29, 0.717) is 19.7 Å². The molecule has 0 radical (unpaired) electrons. The highest BCUT2D eigenvalue weighted by Gasteiger charge is 2.38. The molecule has 1 rings (SSSR count). The van der Waals surface area contributed by atoms with E-state index in [0.717, 1.165) is 6.42 Å². The summed E-state index contributed by atoms with van der Waals surface area (Å²) >= 11 is 0. The summed E-state index contributed by atoms with van der Waals surface area (Å²) in [4.78, 5) is 24.6. The Labute approximate surface area is 120 Å². The van der Waals surface area contributed by atoms with E-state index in [1.807, 2.05) is 27.7 Å². The third kappa shape index (κ3) is 5.36. The van der Waals surface area contributed by atoms with Crippen LogP contribution in [0.25, 0.3) is 0 Å². The van der Waals surface area contributed by atoms with Crippen molar-refractivity contribution >= 4 is 12.1 Å². The van der Waals surface area contributed by atoms with Crippen LogP contribution in [0.4, 0.5) is 4.79 Å². The molecule has 1 saturated heterocycles. The first-order valence-corrected chi connectivity index (χ1v) is 6.84. The molecular weight excluding hydrogens is 262 g/mol. The van der Waals surface area contributed by atoms with Crippen LogP contribution in [-0.4, -0.2) is 55.0 Å². The molecule has 6 nitrogen and oxygen atoms in total. The zero-order valence-corrected chi connectivity index (χ0v) is 13.0. The van der Waals surface area contributed by atoms with E-state index in [1.165, 1.54) is 7.11 Å². The lowest BCUT2D eigenvalue weighted by Crippen LogP contribution is -2.39. The molecule has 0 spiro atoms. The first-order chi connectivity index (χ1) is 9.15. The van der Waals surface area contributed by atoms with Gasteiger partial charge in [0.15, 0.2) is 0 Å². The third-order valence-corrected chi connectivity index (χ3v) is 3.07. The Morgan fingerprint density at radius 3 is 2.50 bits per heavy atom. The Balaban J connectivity index is 2.41. The second-order valence-corrected chi connectivity index (χ2v) is 6.28. The molecule has 1 aliphatic rings. The average Bonchev–Trinajstić information content (AvgIpc) is 2.70. The molecule has 20 heavy (non-hydrogen) atoms. The summed E-state index contributed by atoms with van der Waals surface area (Å²) in [5, 5.41) is 0. The van der Waals surface area contributed by atoms with Crippen molar-refractivity contribution in [2.45, 2.75) is 51.7 Å². The van der Waals surface area contributed by atoms with Gasteiger partial charge in [0.1, 0.15) is 5.60 Å². The van der Waals surface area contributed by atoms with Crippen LogP contribution in [0.15, 0.2) is 0 Å². The van der Waals surface area contributed by atoms with Gasteiger partial charge >= 0.3 is 12.1 Å². The lowest BCUT2D eigenvalue weighted by atomic mass is 10.1. The summed E-state index contributed by atoms with van der Waals surface area (Å²) in [6.45, 7) is 8.83. The molecule has 0 aromatic heterocycles. The van der Waals surface area contributed by atoms with E-state index >= 15 is 0 Å². The van der Waals surface area contributed by atoms with Gasteiger partial charge in [0.05, 0.1) is 32.3 Å². The summed E-state index contributed by atoms with van der Waals surface area (Å²) < 4.78 is 15.6. The van der Waals surface area contributed by atoms with Crippen molar-refractivity contribution in [1.29, 1.82) is 0 Å². The second-order valence-electron chi connectivity index (χ2n) is 6.28. The largest absolute Gasteiger partial charge is 0.469 e. The molecule has 0 aromatic rings. The number of rotatable bonds is 4. The molecule has 0 N–H and O–H groups in total. The summed E-state index contributed by atoms with van der Waals surface area (Å²) in [7, 11) is 1.35. The van der Waals surface area contributed by atoms with Gasteiger partial charge in [0.25, 0.3) is 0 Å². The van der Waals surface area contributed by atoms with Gasteiger partial charge in [-0.25, -0.2) is 4.79 Å². The number of esters is 1. The van der Waals surface area contributed by atoms with Crippen molar-refractivity contribution in [1.82, 2.24) is 4.90 Å². The fourth-order valence-electron chi connectivity index (χ4n) is 2.02. The van der Waals surface area contributed by atoms with Gasteiger partial charge < -0.3 is 19.1 Å². The third-order valence-electron chi connectivity index (χ3n) is 3.07. The number of likely N-dealkylation sites (tertiary alicyclic amines) is 1. The topological polar surface area (TPSA) is 65.1 Å². The minimum absolute atomic E-state index is 0.221. The lowest BCUT2D eigenvalue weighted by Gasteiger charge is -2.27. The van der Waals surface area contributed by atoms with Crippen LogP contribution < -0.4 is 0 Å². The van der Waals surface area contributed by atoms with Crippen LogP contribution in [0.1, 0.15) is 40.5 Å². The first-order valence-electron chi connectivity index (χ1n) is 6.84. The van der Waals surface area contributed by atoms with Crippen molar-refractivity contribution < 1.29 is 23.8 Å². The van der Waals surface area contributed by atoms with Gasteiger partial charge in [0.2, 0.25) is 0 Å². The molecule has 0 bridgehead atoms. The molecule has 1 amide bonds. The van der Waals surface area contributed by atoms with Gasteiger partial charge in [0, 0.05) is 6.54 Å². The molecule has 0 aromatic carbocycles. The van der Waals surface area contributed by atoms with Crippen LogP contribution in [-0.2, 0) is 19.0 Å². The van der Waals surface area contributed by atoms with E-state index in [4.69, 9.17) is 9.47 Å². The molecular formula is C14H25NO5. The SMILES string of the molecule is COC(=O)CCOC1(C)CCN(C(=O)OC(C)(C)C)C1. The minimum Gasteiger partial charge on any atom is -0.469 e. The number of hydrogen-bond acceptors (Lipinski definition) is 5. The quantitative estimate of drug-likeness (QED) is 0.740. The summed E-state index contributed by atoms with van der Waals surface area (Å²) in [5.74, 6) is -0.296. The van der Waals surface area contributed by atoms with Crippen molar-refractivity contribution in [3.05, 3.63) is 0 Å². The highest BCUT2D eigenvalue weighted by atomic mass is 16.6. The maximum atomic E-state index is 12.0. The maximum absolute atomic E-state index is 12.0. The van der Waals surface area contributed by atoms with Crippen molar-refractivity contribution in [2.75, 3.05) is 26.8 Å². The Bertz CT molecular complexity index is 363. The fraction of sp³-hybridized carbons (Fsp3) is 0.857. The number of nitrogens with zero attached hydrogens (tertiary/aromatic N) is 1. The van der Waals surface area contributed by atoms with Gasteiger partial charge in [-0.2, -0.15) is 0 Å². The van der Waals surface area contributed by atoms with Gasteiger partial charge in [-0.1, -0.05) is 0 Å². The second kappa shape index (κ2) is 6.43. The van der Waals surface area contributed by atoms with Gasteiger partial charge in [-0.3, -0.25) is 4.79 Å². The van der Waals surface area contributed by atoms with E-state index in [2.05, 4.69) is 4.74 Å². The number of amides is 1. The average molecular weight is 287 g/mol.